The van der Waals surface area contributed by atoms with E-state index in [0.717, 1.165) is 12.2 Å². The molecule has 0 saturated carbocycles. The molecule has 0 bridgehead atoms. The molecule has 7 nitrogen and oxygen atoms in total. The van der Waals surface area contributed by atoms with Gasteiger partial charge in [-0.3, -0.25) is 4.68 Å². The van der Waals surface area contributed by atoms with Gasteiger partial charge in [-0.1, -0.05) is 6.92 Å². The quantitative estimate of drug-likeness (QED) is 0.401. The second-order valence-electron chi connectivity index (χ2n) is 5.77. The van der Waals surface area contributed by atoms with Crippen molar-refractivity contribution in [3.8, 4) is 11.5 Å². The molecule has 142 valence electrons. The van der Waals surface area contributed by atoms with Crippen LogP contribution in [0.4, 0.5) is 0 Å². The van der Waals surface area contributed by atoms with Crippen LogP contribution in [-0.4, -0.2) is 35.6 Å². The van der Waals surface area contributed by atoms with Crippen LogP contribution >= 0.6 is 0 Å². The summed E-state index contributed by atoms with van der Waals surface area (Å²) in [5.41, 5.74) is 0. The Morgan fingerprint density at radius 2 is 1.78 bits per heavy atom. The summed E-state index contributed by atoms with van der Waals surface area (Å²) in [7, 11) is 0. The molecule has 1 aromatic carbocycles. The van der Waals surface area contributed by atoms with Gasteiger partial charge in [0.15, 0.2) is 0 Å². The Morgan fingerprint density at radius 3 is 2.44 bits per heavy atom. The van der Waals surface area contributed by atoms with Crippen LogP contribution in [0, 0.1) is 0 Å². The van der Waals surface area contributed by atoms with Crippen molar-refractivity contribution in [2.75, 3.05) is 19.8 Å². The van der Waals surface area contributed by atoms with Gasteiger partial charge in [0.1, 0.15) is 30.5 Å². The topological polar surface area (TPSA) is 75.7 Å². The first-order valence-electron chi connectivity index (χ1n) is 8.83. The SMILES string of the molecule is CCCOc1ccc(OCCOC(=O)c2ccc(Cn3cccn3)o2)cc1. The van der Waals surface area contributed by atoms with Crippen molar-refractivity contribution >= 4 is 5.97 Å². The van der Waals surface area contributed by atoms with E-state index in [1.807, 2.05) is 36.5 Å². The van der Waals surface area contributed by atoms with E-state index in [4.69, 9.17) is 18.6 Å². The fourth-order valence-electron chi connectivity index (χ4n) is 2.34. The number of nitrogens with zero attached hydrogens (tertiary/aromatic N) is 2. The second-order valence-corrected chi connectivity index (χ2v) is 5.77. The van der Waals surface area contributed by atoms with Crippen molar-refractivity contribution < 1.29 is 23.4 Å². The van der Waals surface area contributed by atoms with Gasteiger partial charge in [-0.15, -0.1) is 0 Å². The molecule has 7 heteroatoms. The molecule has 0 fully saturated rings. The van der Waals surface area contributed by atoms with E-state index in [9.17, 15) is 4.79 Å². The van der Waals surface area contributed by atoms with Gasteiger partial charge in [-0.25, -0.2) is 4.79 Å². The molecular weight excluding hydrogens is 348 g/mol. The fourth-order valence-corrected chi connectivity index (χ4v) is 2.34. The van der Waals surface area contributed by atoms with Crippen LogP contribution < -0.4 is 9.47 Å². The van der Waals surface area contributed by atoms with E-state index in [1.165, 1.54) is 0 Å². The van der Waals surface area contributed by atoms with Crippen LogP contribution in [0.25, 0.3) is 0 Å². The van der Waals surface area contributed by atoms with Gasteiger partial charge in [0, 0.05) is 12.4 Å². The molecule has 2 heterocycles. The maximum atomic E-state index is 12.0. The van der Waals surface area contributed by atoms with Crippen molar-refractivity contribution in [2.45, 2.75) is 19.9 Å². The maximum absolute atomic E-state index is 12.0. The number of aromatic nitrogens is 2. The summed E-state index contributed by atoms with van der Waals surface area (Å²) in [6.07, 6.45) is 4.47. The zero-order valence-electron chi connectivity index (χ0n) is 15.2. The van der Waals surface area contributed by atoms with Crippen molar-refractivity contribution in [1.29, 1.82) is 0 Å². The highest BCUT2D eigenvalue weighted by atomic mass is 16.6. The number of rotatable bonds is 10. The standard InChI is InChI=1S/C20H22N2O5/c1-2-12-24-16-4-6-17(7-5-16)25-13-14-26-20(23)19-9-8-18(27-19)15-22-11-3-10-21-22/h3-11H,2,12-15H2,1H3. The molecule has 0 atom stereocenters. The van der Waals surface area contributed by atoms with Gasteiger partial charge in [0.05, 0.1) is 13.2 Å². The minimum atomic E-state index is -0.520. The number of benzene rings is 1. The first-order chi connectivity index (χ1) is 13.2. The summed E-state index contributed by atoms with van der Waals surface area (Å²) in [4.78, 5) is 12.0. The number of ether oxygens (including phenoxy) is 3. The lowest BCUT2D eigenvalue weighted by Crippen LogP contribution is -2.12. The first kappa shape index (κ1) is 18.6. The van der Waals surface area contributed by atoms with Crippen LogP contribution in [0.2, 0.25) is 0 Å². The minimum Gasteiger partial charge on any atom is -0.494 e. The van der Waals surface area contributed by atoms with E-state index in [0.29, 0.717) is 24.7 Å². The predicted molar refractivity (Wildman–Crippen MR) is 98.0 cm³/mol. The average molecular weight is 370 g/mol. The molecule has 27 heavy (non-hydrogen) atoms. The van der Waals surface area contributed by atoms with E-state index in [-0.39, 0.29) is 19.0 Å². The number of carbonyl (C=O) groups excluding carboxylic acids is 1. The Hall–Kier alpha value is -3.22. The van der Waals surface area contributed by atoms with Gasteiger partial charge in [-0.05, 0) is 48.9 Å². The molecule has 0 saturated heterocycles. The fraction of sp³-hybridized carbons (Fsp3) is 0.300. The molecule has 0 aliphatic rings. The lowest BCUT2D eigenvalue weighted by Gasteiger charge is -2.08. The smallest absolute Gasteiger partial charge is 0.374 e. The molecule has 3 aromatic rings. The third-order valence-electron chi connectivity index (χ3n) is 3.62. The van der Waals surface area contributed by atoms with Crippen LogP contribution in [0.15, 0.2) is 59.3 Å². The summed E-state index contributed by atoms with van der Waals surface area (Å²) in [5, 5.41) is 4.09. The number of furan rings is 1. The van der Waals surface area contributed by atoms with Crippen LogP contribution in [-0.2, 0) is 11.3 Å². The summed E-state index contributed by atoms with van der Waals surface area (Å²) in [6, 6.07) is 12.5. The lowest BCUT2D eigenvalue weighted by molar-refractivity contribution is 0.0413. The van der Waals surface area contributed by atoms with Gasteiger partial charge in [0.25, 0.3) is 0 Å². The lowest BCUT2D eigenvalue weighted by atomic mass is 10.3. The Morgan fingerprint density at radius 1 is 1.04 bits per heavy atom. The largest absolute Gasteiger partial charge is 0.494 e. The molecule has 2 aromatic heterocycles. The van der Waals surface area contributed by atoms with Crippen molar-refractivity contribution in [3.63, 3.8) is 0 Å². The van der Waals surface area contributed by atoms with E-state index < -0.39 is 5.97 Å². The Labute approximate surface area is 157 Å². The normalized spacial score (nSPS) is 10.6. The van der Waals surface area contributed by atoms with Crippen LogP contribution in [0.5, 0.6) is 11.5 Å². The third-order valence-corrected chi connectivity index (χ3v) is 3.62. The highest BCUT2D eigenvalue weighted by molar-refractivity contribution is 5.86. The summed E-state index contributed by atoms with van der Waals surface area (Å²) >= 11 is 0. The molecule has 0 unspecified atom stereocenters. The Bertz CT molecular complexity index is 824. The predicted octanol–water partition coefficient (Wildman–Crippen LogP) is 3.55. The maximum Gasteiger partial charge on any atom is 0.374 e. The number of hydrogen-bond acceptors (Lipinski definition) is 6. The zero-order valence-corrected chi connectivity index (χ0v) is 15.2. The Balaban J connectivity index is 1.38. The molecular formula is C20H22N2O5. The molecule has 0 spiro atoms. The van der Waals surface area contributed by atoms with Gasteiger partial charge in [-0.2, -0.15) is 5.10 Å². The average Bonchev–Trinajstić information content (AvgIpc) is 3.37. The minimum absolute atomic E-state index is 0.127. The zero-order chi connectivity index (χ0) is 18.9. The Kier molecular flexibility index (Phi) is 6.51. The summed E-state index contributed by atoms with van der Waals surface area (Å²) in [5.74, 6) is 1.77. The summed E-state index contributed by atoms with van der Waals surface area (Å²) in [6.45, 7) is 3.58. The number of hydrogen-bond donors (Lipinski definition) is 0. The van der Waals surface area contributed by atoms with Gasteiger partial charge in [0.2, 0.25) is 5.76 Å². The molecule has 0 aliphatic carbocycles. The molecule has 3 rings (SSSR count). The van der Waals surface area contributed by atoms with Crippen LogP contribution in [0.3, 0.4) is 0 Å². The highest BCUT2D eigenvalue weighted by Crippen LogP contribution is 2.17. The monoisotopic (exact) mass is 370 g/mol. The molecule has 0 radical (unpaired) electrons. The van der Waals surface area contributed by atoms with Crippen molar-refractivity contribution in [2.24, 2.45) is 0 Å². The molecule has 0 amide bonds. The first-order valence-corrected chi connectivity index (χ1v) is 8.83. The van der Waals surface area contributed by atoms with E-state index >= 15 is 0 Å². The molecule has 0 aliphatic heterocycles. The van der Waals surface area contributed by atoms with Crippen molar-refractivity contribution in [3.05, 3.63) is 66.4 Å². The third kappa shape index (κ3) is 5.64. The van der Waals surface area contributed by atoms with E-state index in [1.54, 1.807) is 23.0 Å². The number of esters is 1. The van der Waals surface area contributed by atoms with Crippen LogP contribution in [0.1, 0.15) is 29.7 Å². The second kappa shape index (κ2) is 9.47. The van der Waals surface area contributed by atoms with E-state index in [2.05, 4.69) is 12.0 Å². The van der Waals surface area contributed by atoms with Gasteiger partial charge < -0.3 is 18.6 Å². The van der Waals surface area contributed by atoms with Crippen molar-refractivity contribution in [1.82, 2.24) is 9.78 Å². The number of carbonyl (C=O) groups is 1. The summed E-state index contributed by atoms with van der Waals surface area (Å²) < 4.78 is 23.4. The van der Waals surface area contributed by atoms with Gasteiger partial charge >= 0.3 is 5.97 Å². The highest BCUT2D eigenvalue weighted by Gasteiger charge is 2.13. The molecule has 0 N–H and O–H groups in total.